The predicted octanol–water partition coefficient (Wildman–Crippen LogP) is 1.22. The third kappa shape index (κ3) is 5.23. The fourth-order valence-corrected chi connectivity index (χ4v) is 5.09. The molecule has 8 nitrogen and oxygen atoms in total. The number of piperazine rings is 1. The van der Waals surface area contributed by atoms with Gasteiger partial charge in [0.15, 0.2) is 0 Å². The van der Waals surface area contributed by atoms with Gasteiger partial charge in [-0.05, 0) is 37.8 Å². The highest BCUT2D eigenvalue weighted by Gasteiger charge is 2.33. The van der Waals surface area contributed by atoms with Crippen molar-refractivity contribution >= 4 is 22.0 Å². The standard InChI is InChI=1S/C19H30N4O4S/c1-13(2)11-16(21-19(20)25)18(24)22-7-9-23(10-8-22)28(26,27)17-6-5-14(3)12-15(17)4/h5-6,12-13,16H,7-11H2,1-4H3,(H3,20,21,25)/t16-/m1/s1. The normalized spacial score (nSPS) is 16.8. The topological polar surface area (TPSA) is 113 Å². The molecular weight excluding hydrogens is 380 g/mol. The fraction of sp³-hybridized carbons (Fsp3) is 0.579. The van der Waals surface area contributed by atoms with Gasteiger partial charge < -0.3 is 16.0 Å². The number of benzene rings is 1. The van der Waals surface area contributed by atoms with Gasteiger partial charge in [0.25, 0.3) is 0 Å². The van der Waals surface area contributed by atoms with Gasteiger partial charge in [-0.1, -0.05) is 31.5 Å². The van der Waals surface area contributed by atoms with Crippen molar-refractivity contribution in [3.05, 3.63) is 29.3 Å². The number of nitrogens with zero attached hydrogens (tertiary/aromatic N) is 2. The minimum Gasteiger partial charge on any atom is -0.352 e. The molecular formula is C19H30N4O4S. The molecule has 1 saturated heterocycles. The van der Waals surface area contributed by atoms with Crippen LogP contribution >= 0.6 is 0 Å². The Morgan fingerprint density at radius 2 is 1.75 bits per heavy atom. The molecule has 1 heterocycles. The number of aryl methyl sites for hydroxylation is 2. The van der Waals surface area contributed by atoms with E-state index in [1.54, 1.807) is 24.0 Å². The maximum atomic E-state index is 13.0. The minimum atomic E-state index is -3.61. The molecule has 3 N–H and O–H groups in total. The van der Waals surface area contributed by atoms with Gasteiger partial charge in [0.2, 0.25) is 15.9 Å². The molecule has 0 saturated carbocycles. The lowest BCUT2D eigenvalue weighted by Gasteiger charge is -2.36. The van der Waals surface area contributed by atoms with Crippen LogP contribution in [0.15, 0.2) is 23.1 Å². The van der Waals surface area contributed by atoms with E-state index in [1.807, 2.05) is 26.8 Å². The van der Waals surface area contributed by atoms with Gasteiger partial charge in [-0.25, -0.2) is 13.2 Å². The summed E-state index contributed by atoms with van der Waals surface area (Å²) < 4.78 is 27.3. The van der Waals surface area contributed by atoms with Crippen LogP contribution in [0.25, 0.3) is 0 Å². The number of nitrogens with one attached hydrogen (secondary N) is 1. The largest absolute Gasteiger partial charge is 0.352 e. The second-order valence-corrected chi connectivity index (χ2v) is 9.60. The number of sulfonamides is 1. The first kappa shape index (κ1) is 22.2. The highest BCUT2D eigenvalue weighted by molar-refractivity contribution is 7.89. The molecule has 1 fully saturated rings. The Morgan fingerprint density at radius 3 is 2.25 bits per heavy atom. The number of amides is 3. The van der Waals surface area contributed by atoms with Crippen molar-refractivity contribution in [1.29, 1.82) is 0 Å². The molecule has 28 heavy (non-hydrogen) atoms. The third-order valence-corrected chi connectivity index (χ3v) is 6.88. The van der Waals surface area contributed by atoms with Crippen LogP contribution in [0.5, 0.6) is 0 Å². The van der Waals surface area contributed by atoms with Crippen molar-refractivity contribution < 1.29 is 18.0 Å². The first-order chi connectivity index (χ1) is 13.0. The van der Waals surface area contributed by atoms with Crippen LogP contribution in [0, 0.1) is 19.8 Å². The molecule has 0 radical (unpaired) electrons. The molecule has 1 atom stereocenters. The van der Waals surface area contributed by atoms with Gasteiger partial charge in [0.05, 0.1) is 4.90 Å². The lowest BCUT2D eigenvalue weighted by molar-refractivity contribution is -0.134. The van der Waals surface area contributed by atoms with E-state index in [0.29, 0.717) is 16.9 Å². The van der Waals surface area contributed by atoms with Gasteiger partial charge in [-0.3, -0.25) is 4.79 Å². The highest BCUT2D eigenvalue weighted by atomic mass is 32.2. The summed E-state index contributed by atoms with van der Waals surface area (Å²) in [5, 5.41) is 2.50. The van der Waals surface area contributed by atoms with Crippen molar-refractivity contribution in [1.82, 2.24) is 14.5 Å². The van der Waals surface area contributed by atoms with E-state index in [4.69, 9.17) is 5.73 Å². The number of hydrogen-bond donors (Lipinski definition) is 2. The summed E-state index contributed by atoms with van der Waals surface area (Å²) in [4.78, 5) is 25.9. The summed E-state index contributed by atoms with van der Waals surface area (Å²) in [6, 6.07) is 3.83. The van der Waals surface area contributed by atoms with Crippen molar-refractivity contribution in [2.24, 2.45) is 11.7 Å². The van der Waals surface area contributed by atoms with E-state index in [2.05, 4.69) is 5.32 Å². The summed E-state index contributed by atoms with van der Waals surface area (Å²) in [7, 11) is -3.61. The summed E-state index contributed by atoms with van der Waals surface area (Å²) in [5.41, 5.74) is 6.91. The van der Waals surface area contributed by atoms with E-state index in [1.165, 1.54) is 4.31 Å². The number of hydrogen-bond acceptors (Lipinski definition) is 4. The van der Waals surface area contributed by atoms with Crippen LogP contribution < -0.4 is 11.1 Å². The molecule has 2 rings (SSSR count). The van der Waals surface area contributed by atoms with E-state index in [0.717, 1.165) is 5.56 Å². The van der Waals surface area contributed by atoms with Gasteiger partial charge in [0, 0.05) is 26.2 Å². The number of carbonyl (C=O) groups excluding carboxylic acids is 2. The number of urea groups is 1. The van der Waals surface area contributed by atoms with Crippen LogP contribution in [0.2, 0.25) is 0 Å². The van der Waals surface area contributed by atoms with Crippen LogP contribution in [0.4, 0.5) is 4.79 Å². The van der Waals surface area contributed by atoms with E-state index >= 15 is 0 Å². The summed E-state index contributed by atoms with van der Waals surface area (Å²) >= 11 is 0. The molecule has 156 valence electrons. The zero-order chi connectivity index (χ0) is 21.1. The van der Waals surface area contributed by atoms with Crippen LogP contribution in [-0.4, -0.2) is 61.8 Å². The second-order valence-electron chi connectivity index (χ2n) is 7.69. The van der Waals surface area contributed by atoms with E-state index in [9.17, 15) is 18.0 Å². The van der Waals surface area contributed by atoms with Crippen molar-refractivity contribution in [3.8, 4) is 0 Å². The zero-order valence-corrected chi connectivity index (χ0v) is 17.8. The molecule has 0 aliphatic carbocycles. The summed E-state index contributed by atoms with van der Waals surface area (Å²) in [6.07, 6.45) is 0.475. The lowest BCUT2D eigenvalue weighted by Crippen LogP contribution is -2.56. The smallest absolute Gasteiger partial charge is 0.312 e. The third-order valence-electron chi connectivity index (χ3n) is 4.82. The second kappa shape index (κ2) is 8.91. The SMILES string of the molecule is Cc1ccc(S(=O)(=O)N2CCN(C(=O)[C@@H](CC(C)C)NC(N)=O)CC2)c(C)c1. The minimum absolute atomic E-state index is 0.201. The van der Waals surface area contributed by atoms with E-state index < -0.39 is 22.1 Å². The van der Waals surface area contributed by atoms with Crippen LogP contribution in [-0.2, 0) is 14.8 Å². The lowest BCUT2D eigenvalue weighted by atomic mass is 10.0. The van der Waals surface area contributed by atoms with Crippen LogP contribution in [0.1, 0.15) is 31.4 Å². The van der Waals surface area contributed by atoms with Gasteiger partial charge in [-0.15, -0.1) is 0 Å². The molecule has 0 bridgehead atoms. The summed E-state index contributed by atoms with van der Waals surface area (Å²) in [6.45, 7) is 8.59. The Labute approximate surface area is 167 Å². The van der Waals surface area contributed by atoms with E-state index in [-0.39, 0.29) is 38.0 Å². The van der Waals surface area contributed by atoms with Gasteiger partial charge in [-0.2, -0.15) is 4.31 Å². The molecule has 1 aromatic rings. The molecule has 3 amide bonds. The molecule has 9 heteroatoms. The van der Waals surface area contributed by atoms with Crippen molar-refractivity contribution in [3.63, 3.8) is 0 Å². The molecule has 0 aromatic heterocycles. The fourth-order valence-electron chi connectivity index (χ4n) is 3.46. The predicted molar refractivity (Wildman–Crippen MR) is 107 cm³/mol. The maximum Gasteiger partial charge on any atom is 0.312 e. The Bertz CT molecular complexity index is 830. The number of rotatable bonds is 6. The Morgan fingerprint density at radius 1 is 1.14 bits per heavy atom. The Balaban J connectivity index is 2.08. The zero-order valence-electron chi connectivity index (χ0n) is 16.9. The first-order valence-corrected chi connectivity index (χ1v) is 10.9. The van der Waals surface area contributed by atoms with Gasteiger partial charge >= 0.3 is 6.03 Å². The molecule has 1 aliphatic heterocycles. The number of primary amides is 1. The number of nitrogens with two attached hydrogens (primary N) is 1. The summed E-state index contributed by atoms with van der Waals surface area (Å²) in [5.74, 6) is -0.0250. The molecule has 0 unspecified atom stereocenters. The maximum absolute atomic E-state index is 13.0. The molecule has 0 spiro atoms. The van der Waals surface area contributed by atoms with Crippen molar-refractivity contribution in [2.75, 3.05) is 26.2 Å². The molecule has 1 aliphatic rings. The first-order valence-electron chi connectivity index (χ1n) is 9.44. The quantitative estimate of drug-likeness (QED) is 0.734. The molecule has 1 aromatic carbocycles. The monoisotopic (exact) mass is 410 g/mol. The van der Waals surface area contributed by atoms with Crippen molar-refractivity contribution in [2.45, 2.75) is 45.1 Å². The highest BCUT2D eigenvalue weighted by Crippen LogP contribution is 2.22. The van der Waals surface area contributed by atoms with Crippen LogP contribution in [0.3, 0.4) is 0 Å². The Kier molecular flexibility index (Phi) is 7.06. The number of carbonyl (C=O) groups is 2. The van der Waals surface area contributed by atoms with Gasteiger partial charge in [0.1, 0.15) is 6.04 Å². The average molecular weight is 411 g/mol. The Hall–Kier alpha value is -2.13. The average Bonchev–Trinajstić information content (AvgIpc) is 2.59.